The molecule has 0 aromatic carbocycles. The molecule has 1 rings (SSSR count). The molecule has 0 saturated heterocycles. The zero-order chi connectivity index (χ0) is 13.5. The molecule has 0 aliphatic carbocycles. The summed E-state index contributed by atoms with van der Waals surface area (Å²) in [6.45, 7) is -1.28. The third-order valence-electron chi connectivity index (χ3n) is 1.90. The lowest BCUT2D eigenvalue weighted by molar-refractivity contribution is -0.147. The van der Waals surface area contributed by atoms with E-state index in [0.29, 0.717) is 0 Å². The summed E-state index contributed by atoms with van der Waals surface area (Å²) in [5, 5.41) is 19.0. The number of hydrogen-bond acceptors (Lipinski definition) is 4. The third kappa shape index (κ3) is 4.79. The number of carbonyl (C=O) groups is 3. The Balaban J connectivity index is 2.69. The maximum Gasteiger partial charge on any atom is 0.323 e. The summed E-state index contributed by atoms with van der Waals surface area (Å²) < 4.78 is 0. The quantitative estimate of drug-likeness (QED) is 0.743. The number of carboxylic acids is 2. The number of nitrogens with zero attached hydrogens (tertiary/aromatic N) is 1. The van der Waals surface area contributed by atoms with Gasteiger partial charge in [-0.1, -0.05) is 6.07 Å². The summed E-state index contributed by atoms with van der Waals surface area (Å²) in [4.78, 5) is 34.2. The molecule has 0 aliphatic rings. The molecule has 0 atom stereocenters. The van der Waals surface area contributed by atoms with Gasteiger partial charge in [-0.05, 0) is 17.5 Å². The van der Waals surface area contributed by atoms with Gasteiger partial charge in [0.1, 0.15) is 13.1 Å². The Morgan fingerprint density at radius 3 is 2.28 bits per heavy atom. The standard InChI is InChI=1S/C11H11NO5S/c13-9(4-3-8-2-1-5-18-8)12(6-10(14)15)7-11(16)17/h1-5H,6-7H2,(H,14,15)(H,16,17). The van der Waals surface area contributed by atoms with Gasteiger partial charge in [0.05, 0.1) is 0 Å². The topological polar surface area (TPSA) is 94.9 Å². The minimum absolute atomic E-state index is 0.639. The molecular formula is C11H11NO5S. The van der Waals surface area contributed by atoms with Crippen molar-refractivity contribution in [3.8, 4) is 0 Å². The first kappa shape index (κ1) is 13.9. The van der Waals surface area contributed by atoms with E-state index in [1.807, 2.05) is 5.38 Å². The lowest BCUT2D eigenvalue weighted by Crippen LogP contribution is -2.38. The van der Waals surface area contributed by atoms with Crippen molar-refractivity contribution in [2.45, 2.75) is 0 Å². The zero-order valence-electron chi connectivity index (χ0n) is 9.28. The molecule has 0 saturated carbocycles. The number of aliphatic carboxylic acids is 2. The molecule has 6 nitrogen and oxygen atoms in total. The molecule has 96 valence electrons. The van der Waals surface area contributed by atoms with E-state index in [2.05, 4.69) is 0 Å². The average Bonchev–Trinajstić information content (AvgIpc) is 2.76. The second-order valence-corrected chi connectivity index (χ2v) is 4.31. The van der Waals surface area contributed by atoms with Crippen molar-refractivity contribution < 1.29 is 24.6 Å². The Labute approximate surface area is 107 Å². The third-order valence-corrected chi connectivity index (χ3v) is 2.73. The van der Waals surface area contributed by atoms with Crippen molar-refractivity contribution >= 4 is 35.3 Å². The van der Waals surface area contributed by atoms with E-state index < -0.39 is 30.9 Å². The highest BCUT2D eigenvalue weighted by molar-refractivity contribution is 7.10. The Morgan fingerprint density at radius 1 is 1.22 bits per heavy atom. The Hall–Kier alpha value is -2.15. The highest BCUT2D eigenvalue weighted by Gasteiger charge is 2.17. The van der Waals surface area contributed by atoms with Gasteiger partial charge in [-0.15, -0.1) is 11.3 Å². The van der Waals surface area contributed by atoms with Crippen LogP contribution in [0.3, 0.4) is 0 Å². The van der Waals surface area contributed by atoms with Gasteiger partial charge in [0, 0.05) is 11.0 Å². The monoisotopic (exact) mass is 269 g/mol. The number of rotatable bonds is 6. The number of thiophene rings is 1. The summed E-state index contributed by atoms with van der Waals surface area (Å²) in [5.41, 5.74) is 0. The Kier molecular flexibility index (Phi) is 5.06. The first-order valence-corrected chi connectivity index (χ1v) is 5.81. The van der Waals surface area contributed by atoms with Gasteiger partial charge in [0.15, 0.2) is 0 Å². The van der Waals surface area contributed by atoms with Crippen molar-refractivity contribution in [2.75, 3.05) is 13.1 Å². The highest BCUT2D eigenvalue weighted by atomic mass is 32.1. The Morgan fingerprint density at radius 2 is 1.83 bits per heavy atom. The zero-order valence-corrected chi connectivity index (χ0v) is 10.1. The van der Waals surface area contributed by atoms with Gasteiger partial charge >= 0.3 is 11.9 Å². The minimum atomic E-state index is -1.26. The first-order valence-electron chi connectivity index (χ1n) is 4.93. The fourth-order valence-electron chi connectivity index (χ4n) is 1.18. The van der Waals surface area contributed by atoms with Gasteiger partial charge < -0.3 is 15.1 Å². The Bertz CT molecular complexity index is 450. The van der Waals surface area contributed by atoms with Crippen LogP contribution in [-0.2, 0) is 14.4 Å². The van der Waals surface area contributed by atoms with Crippen LogP contribution in [0.25, 0.3) is 6.08 Å². The SMILES string of the molecule is O=C(O)CN(CC(=O)O)C(=O)C=Cc1cccs1. The summed E-state index contributed by atoms with van der Waals surface area (Å²) in [7, 11) is 0. The molecule has 2 N–H and O–H groups in total. The van der Waals surface area contributed by atoms with Crippen LogP contribution in [0.4, 0.5) is 0 Å². The lowest BCUT2D eigenvalue weighted by atomic mass is 10.3. The molecule has 0 bridgehead atoms. The second-order valence-electron chi connectivity index (χ2n) is 3.33. The molecule has 0 unspecified atom stereocenters. The molecule has 1 aromatic rings. The lowest BCUT2D eigenvalue weighted by Gasteiger charge is -2.15. The van der Waals surface area contributed by atoms with E-state index in [1.165, 1.54) is 17.4 Å². The molecule has 0 spiro atoms. The molecule has 0 fully saturated rings. The molecule has 18 heavy (non-hydrogen) atoms. The summed E-state index contributed by atoms with van der Waals surface area (Å²) >= 11 is 1.41. The van der Waals surface area contributed by atoms with Gasteiger partial charge in [-0.3, -0.25) is 14.4 Å². The van der Waals surface area contributed by atoms with Crippen molar-refractivity contribution in [3.63, 3.8) is 0 Å². The van der Waals surface area contributed by atoms with Crippen LogP contribution in [0.2, 0.25) is 0 Å². The summed E-state index contributed by atoms with van der Waals surface area (Å²) in [5.74, 6) is -3.16. The molecule has 1 amide bonds. The molecule has 0 aliphatic heterocycles. The van der Waals surface area contributed by atoms with Gasteiger partial charge in [-0.25, -0.2) is 0 Å². The molecular weight excluding hydrogens is 258 g/mol. The van der Waals surface area contributed by atoms with Crippen molar-refractivity contribution in [1.29, 1.82) is 0 Å². The van der Waals surface area contributed by atoms with Crippen LogP contribution in [0.15, 0.2) is 23.6 Å². The van der Waals surface area contributed by atoms with Crippen LogP contribution in [0.5, 0.6) is 0 Å². The number of carbonyl (C=O) groups excluding carboxylic acids is 1. The van der Waals surface area contributed by atoms with E-state index in [1.54, 1.807) is 12.1 Å². The van der Waals surface area contributed by atoms with Crippen LogP contribution in [-0.4, -0.2) is 46.0 Å². The van der Waals surface area contributed by atoms with Crippen LogP contribution in [0, 0.1) is 0 Å². The summed E-state index contributed by atoms with van der Waals surface area (Å²) in [6.07, 6.45) is 2.68. The van der Waals surface area contributed by atoms with E-state index in [-0.39, 0.29) is 0 Å². The van der Waals surface area contributed by atoms with E-state index in [9.17, 15) is 14.4 Å². The van der Waals surface area contributed by atoms with Crippen molar-refractivity contribution in [3.05, 3.63) is 28.5 Å². The molecule has 0 radical (unpaired) electrons. The number of hydrogen-bond donors (Lipinski definition) is 2. The predicted molar refractivity (Wildman–Crippen MR) is 65.2 cm³/mol. The van der Waals surface area contributed by atoms with Crippen molar-refractivity contribution in [2.24, 2.45) is 0 Å². The maximum atomic E-state index is 11.6. The van der Waals surface area contributed by atoms with E-state index in [4.69, 9.17) is 10.2 Å². The predicted octanol–water partition coefficient (Wildman–Crippen LogP) is 0.759. The second kappa shape index (κ2) is 6.55. The van der Waals surface area contributed by atoms with Crippen LogP contribution < -0.4 is 0 Å². The average molecular weight is 269 g/mol. The fraction of sp³-hybridized carbons (Fsp3) is 0.182. The smallest absolute Gasteiger partial charge is 0.323 e. The number of amides is 1. The van der Waals surface area contributed by atoms with Gasteiger partial charge in [0.2, 0.25) is 5.91 Å². The maximum absolute atomic E-state index is 11.6. The summed E-state index contributed by atoms with van der Waals surface area (Å²) in [6, 6.07) is 3.59. The normalized spacial score (nSPS) is 10.4. The molecule has 1 aromatic heterocycles. The molecule has 7 heteroatoms. The van der Waals surface area contributed by atoms with E-state index >= 15 is 0 Å². The van der Waals surface area contributed by atoms with Gasteiger partial charge in [-0.2, -0.15) is 0 Å². The molecule has 1 heterocycles. The largest absolute Gasteiger partial charge is 0.480 e. The van der Waals surface area contributed by atoms with Crippen molar-refractivity contribution in [1.82, 2.24) is 4.90 Å². The van der Waals surface area contributed by atoms with Gasteiger partial charge in [0.25, 0.3) is 0 Å². The highest BCUT2D eigenvalue weighted by Crippen LogP contribution is 2.10. The van der Waals surface area contributed by atoms with Crippen LogP contribution in [0.1, 0.15) is 4.88 Å². The minimum Gasteiger partial charge on any atom is -0.480 e. The number of carboxylic acid groups (broad SMARTS) is 2. The first-order chi connectivity index (χ1) is 8.49. The fourth-order valence-corrected chi connectivity index (χ4v) is 1.80. The van der Waals surface area contributed by atoms with Crippen LogP contribution >= 0.6 is 11.3 Å². The van der Waals surface area contributed by atoms with E-state index in [0.717, 1.165) is 15.9 Å².